The highest BCUT2D eigenvalue weighted by Crippen LogP contribution is 2.31. The van der Waals surface area contributed by atoms with Crippen molar-refractivity contribution in [3.8, 4) is 0 Å². The summed E-state index contributed by atoms with van der Waals surface area (Å²) < 4.78 is 0. The van der Waals surface area contributed by atoms with Crippen LogP contribution in [0.2, 0.25) is 0 Å². The van der Waals surface area contributed by atoms with Crippen molar-refractivity contribution >= 4 is 28.1 Å². The molecular weight excluding hydrogens is 426 g/mol. The molecule has 2 unspecified atom stereocenters. The smallest absolute Gasteiger partial charge is 0.228 e. The Bertz CT molecular complexity index is 1100. The molecule has 0 bridgehead atoms. The molecule has 2 atom stereocenters. The van der Waals surface area contributed by atoms with Gasteiger partial charge in [-0.05, 0) is 75.8 Å². The summed E-state index contributed by atoms with van der Waals surface area (Å²) in [5.74, 6) is 0.704. The van der Waals surface area contributed by atoms with Crippen molar-refractivity contribution in [2.24, 2.45) is 5.92 Å². The van der Waals surface area contributed by atoms with Crippen LogP contribution in [0.1, 0.15) is 73.4 Å². The van der Waals surface area contributed by atoms with E-state index in [4.69, 9.17) is 0 Å². The zero-order valence-electron chi connectivity index (χ0n) is 21.5. The molecule has 0 radical (unpaired) electrons. The second-order valence-corrected chi connectivity index (χ2v) is 8.55. The van der Waals surface area contributed by atoms with E-state index in [0.29, 0.717) is 5.82 Å². The third kappa shape index (κ3) is 6.84. The monoisotopic (exact) mass is 465 g/mol. The summed E-state index contributed by atoms with van der Waals surface area (Å²) in [6, 6.07) is 3.82. The Morgan fingerprint density at radius 3 is 2.32 bits per heavy atom. The van der Waals surface area contributed by atoms with Crippen molar-refractivity contribution in [1.29, 1.82) is 0 Å². The summed E-state index contributed by atoms with van der Waals surface area (Å²) in [5, 5.41) is 25.1. The Kier molecular flexibility index (Phi) is 10.1. The van der Waals surface area contributed by atoms with Gasteiger partial charge in [0.1, 0.15) is 11.9 Å². The number of carbonyl (C=O) groups is 1. The minimum atomic E-state index is -0.943. The van der Waals surface area contributed by atoms with Crippen LogP contribution in [0.5, 0.6) is 0 Å². The van der Waals surface area contributed by atoms with Crippen molar-refractivity contribution in [2.75, 3.05) is 5.32 Å². The molecule has 0 saturated heterocycles. The third-order valence-corrected chi connectivity index (χ3v) is 5.96. The van der Waals surface area contributed by atoms with E-state index in [1.807, 2.05) is 65.8 Å². The lowest BCUT2D eigenvalue weighted by molar-refractivity contribution is -0.117. The van der Waals surface area contributed by atoms with Gasteiger partial charge < -0.3 is 15.5 Å². The molecule has 3 N–H and O–H groups in total. The molecule has 0 aliphatic heterocycles. The van der Waals surface area contributed by atoms with Gasteiger partial charge in [-0.15, -0.1) is 0 Å². The van der Waals surface area contributed by atoms with Crippen LogP contribution in [0.3, 0.4) is 0 Å². The predicted molar refractivity (Wildman–Crippen MR) is 140 cm³/mol. The number of hydrogen-bond donors (Lipinski definition) is 3. The molecular formula is C28H39N3O3. The van der Waals surface area contributed by atoms with Crippen molar-refractivity contribution < 1.29 is 15.0 Å². The average molecular weight is 466 g/mol. The van der Waals surface area contributed by atoms with Gasteiger partial charge in [0.25, 0.3) is 0 Å². The number of hydrogen-bond acceptors (Lipinski definition) is 5. The van der Waals surface area contributed by atoms with E-state index >= 15 is 0 Å². The van der Waals surface area contributed by atoms with Gasteiger partial charge in [0.15, 0.2) is 0 Å². The number of aliphatic hydroxyl groups excluding tert-OH is 2. The highest BCUT2D eigenvalue weighted by atomic mass is 16.3. The number of aliphatic hydroxyl groups is 2. The van der Waals surface area contributed by atoms with Crippen molar-refractivity contribution in [3.63, 3.8) is 0 Å². The molecule has 1 fully saturated rings. The van der Waals surface area contributed by atoms with Gasteiger partial charge in [-0.2, -0.15) is 0 Å². The van der Waals surface area contributed by atoms with E-state index in [1.54, 1.807) is 19.3 Å². The molecule has 3 rings (SSSR count). The van der Waals surface area contributed by atoms with Gasteiger partial charge in [0.2, 0.25) is 5.91 Å². The molecule has 2 aromatic heterocycles. The van der Waals surface area contributed by atoms with Gasteiger partial charge >= 0.3 is 0 Å². The number of allylic oxidation sites excluding steroid dienone is 4. The summed E-state index contributed by atoms with van der Waals surface area (Å²) in [5.41, 5.74) is 4.45. The quantitative estimate of drug-likeness (QED) is 0.427. The van der Waals surface area contributed by atoms with E-state index in [0.717, 1.165) is 58.0 Å². The highest BCUT2D eigenvalue weighted by molar-refractivity contribution is 5.95. The van der Waals surface area contributed by atoms with E-state index in [-0.39, 0.29) is 11.8 Å². The van der Waals surface area contributed by atoms with Crippen molar-refractivity contribution in [2.45, 2.75) is 79.9 Å². The SMILES string of the molecule is CC.C\C=C(/C(C)=C\C(=C(/C)CC)C(O)C(C)O)c1cc2cnc(NC(=O)C3CC3)cc2cn1. The lowest BCUT2D eigenvalue weighted by Gasteiger charge is -2.19. The highest BCUT2D eigenvalue weighted by Gasteiger charge is 2.29. The number of carbonyl (C=O) groups excluding carboxylic acids is 1. The molecule has 1 aliphatic carbocycles. The Morgan fingerprint density at radius 1 is 1.15 bits per heavy atom. The summed E-state index contributed by atoms with van der Waals surface area (Å²) in [6.07, 6.45) is 8.35. The van der Waals surface area contributed by atoms with Crippen LogP contribution in [0, 0.1) is 5.92 Å². The Morgan fingerprint density at radius 2 is 1.76 bits per heavy atom. The van der Waals surface area contributed by atoms with Crippen molar-refractivity contribution in [3.05, 3.63) is 59.1 Å². The molecule has 1 amide bonds. The second-order valence-electron chi connectivity index (χ2n) is 8.55. The zero-order chi connectivity index (χ0) is 25.4. The number of nitrogens with one attached hydrogen (secondary N) is 1. The van der Waals surface area contributed by atoms with Crippen LogP contribution in [0.25, 0.3) is 16.3 Å². The molecule has 34 heavy (non-hydrogen) atoms. The first-order valence-corrected chi connectivity index (χ1v) is 12.2. The maximum atomic E-state index is 12.0. The second kappa shape index (κ2) is 12.6. The number of aromatic nitrogens is 2. The van der Waals surface area contributed by atoms with Gasteiger partial charge in [0, 0.05) is 29.1 Å². The first-order valence-electron chi connectivity index (χ1n) is 12.2. The van der Waals surface area contributed by atoms with Gasteiger partial charge in [-0.25, -0.2) is 4.98 Å². The molecule has 0 spiro atoms. The minimum absolute atomic E-state index is 0.0315. The number of nitrogens with zero attached hydrogens (tertiary/aromatic N) is 2. The maximum absolute atomic E-state index is 12.0. The zero-order valence-corrected chi connectivity index (χ0v) is 21.5. The molecule has 1 saturated carbocycles. The third-order valence-electron chi connectivity index (χ3n) is 5.96. The average Bonchev–Trinajstić information content (AvgIpc) is 3.69. The molecule has 2 heterocycles. The van der Waals surface area contributed by atoms with E-state index in [2.05, 4.69) is 15.3 Å². The molecule has 184 valence electrons. The Balaban J connectivity index is 0.00000199. The maximum Gasteiger partial charge on any atom is 0.228 e. The number of anilines is 1. The fourth-order valence-electron chi connectivity index (χ4n) is 3.64. The standard InChI is InChI=1S/C26H33N3O3.C2H6/c1-6-15(3)22(25(31)17(5)30)10-16(4)21(7-2)23-11-19-14-28-24(12-20(19)13-27-23)29-26(32)18-8-9-18;1-2/h7,10-14,17-18,25,30-31H,6,8-9H2,1-5H3,(H,28,29,32);1-2H3/b16-10-,21-7+,22-15-;. The largest absolute Gasteiger partial charge is 0.390 e. The van der Waals surface area contributed by atoms with E-state index in [1.165, 1.54) is 0 Å². The number of pyridine rings is 2. The summed E-state index contributed by atoms with van der Waals surface area (Å²) in [4.78, 5) is 21.0. The van der Waals surface area contributed by atoms with Gasteiger partial charge in [-0.1, -0.05) is 38.5 Å². The van der Waals surface area contributed by atoms with Crippen LogP contribution in [0.4, 0.5) is 5.82 Å². The lowest BCUT2D eigenvalue weighted by atomic mass is 9.93. The first-order chi connectivity index (χ1) is 16.2. The molecule has 0 aromatic carbocycles. The molecule has 6 nitrogen and oxygen atoms in total. The fraction of sp³-hybridized carbons (Fsp3) is 0.464. The summed E-state index contributed by atoms with van der Waals surface area (Å²) >= 11 is 0. The minimum Gasteiger partial charge on any atom is -0.390 e. The van der Waals surface area contributed by atoms with Crippen molar-refractivity contribution in [1.82, 2.24) is 9.97 Å². The molecule has 2 aromatic rings. The lowest BCUT2D eigenvalue weighted by Crippen LogP contribution is -2.25. The fourth-order valence-corrected chi connectivity index (χ4v) is 3.64. The Hall–Kier alpha value is -2.83. The Labute approximate surface area is 203 Å². The number of rotatable bonds is 8. The number of amides is 1. The van der Waals surface area contributed by atoms with Crippen LogP contribution in [0.15, 0.2) is 53.4 Å². The van der Waals surface area contributed by atoms with E-state index < -0.39 is 12.2 Å². The van der Waals surface area contributed by atoms with Crippen LogP contribution in [-0.2, 0) is 4.79 Å². The van der Waals surface area contributed by atoms with Crippen LogP contribution in [-0.4, -0.2) is 38.3 Å². The predicted octanol–water partition coefficient (Wildman–Crippen LogP) is 5.82. The summed E-state index contributed by atoms with van der Waals surface area (Å²) in [6.45, 7) is 13.5. The molecule has 1 aliphatic rings. The van der Waals surface area contributed by atoms with E-state index in [9.17, 15) is 15.0 Å². The first kappa shape index (κ1) is 27.4. The normalized spacial score (nSPS) is 16.9. The van der Waals surface area contributed by atoms with Crippen LogP contribution >= 0.6 is 0 Å². The van der Waals surface area contributed by atoms with Gasteiger partial charge in [0.05, 0.1) is 11.8 Å². The van der Waals surface area contributed by atoms with Gasteiger partial charge in [-0.3, -0.25) is 9.78 Å². The topological polar surface area (TPSA) is 95.3 Å². The molecule has 6 heteroatoms. The number of fused-ring (bicyclic) bond motifs is 1. The summed E-state index contributed by atoms with van der Waals surface area (Å²) in [7, 11) is 0. The van der Waals surface area contributed by atoms with Crippen LogP contribution < -0.4 is 5.32 Å².